The van der Waals surface area contributed by atoms with Crippen LogP contribution in [0.1, 0.15) is 62.4 Å². The molecule has 0 radical (unpaired) electrons. The number of anilines is 4. The summed E-state index contributed by atoms with van der Waals surface area (Å²) in [7, 11) is 0. The van der Waals surface area contributed by atoms with Crippen molar-refractivity contribution < 1.29 is 28.7 Å². The highest BCUT2D eigenvalue weighted by Crippen LogP contribution is 2.21. The number of nitrogens with one attached hydrogen (secondary N) is 4. The number of carbonyl (C=O) groups excluding carboxylic acids is 4. The van der Waals surface area contributed by atoms with Crippen molar-refractivity contribution in [3.63, 3.8) is 0 Å². The summed E-state index contributed by atoms with van der Waals surface area (Å²) in [6, 6.07) is 26.3. The molecule has 12 heteroatoms. The van der Waals surface area contributed by atoms with Crippen LogP contribution in [0.2, 0.25) is 0 Å². The average Bonchev–Trinajstić information content (AvgIpc) is 3.05. The van der Waals surface area contributed by atoms with E-state index in [-0.39, 0.29) is 11.8 Å². The first kappa shape index (κ1) is 36.5. The molecule has 4 N–H and O–H groups in total. The molecule has 3 aromatic carbocycles. The van der Waals surface area contributed by atoms with Crippen LogP contribution in [0.4, 0.5) is 32.3 Å². The highest BCUT2D eigenvalue weighted by molar-refractivity contribution is 6.12. The fourth-order valence-electron chi connectivity index (χ4n) is 4.30. The Kier molecular flexibility index (Phi) is 11.8. The summed E-state index contributed by atoms with van der Waals surface area (Å²) in [5.74, 6) is -0.536. The minimum Gasteiger partial charge on any atom is -0.444 e. The molecule has 0 atom stereocenters. The Balaban J connectivity index is 0.000000228. The maximum atomic E-state index is 12.6. The quantitative estimate of drug-likeness (QED) is 0.139. The summed E-state index contributed by atoms with van der Waals surface area (Å²) < 4.78 is 10.4. The second kappa shape index (κ2) is 16.2. The highest BCUT2D eigenvalue weighted by Gasteiger charge is 2.17. The Morgan fingerprint density at radius 2 is 1.00 bits per heavy atom. The van der Waals surface area contributed by atoms with Gasteiger partial charge >= 0.3 is 12.2 Å². The number of carbonyl (C=O) groups is 4. The van der Waals surface area contributed by atoms with Gasteiger partial charge in [0.25, 0.3) is 11.8 Å². The molecule has 0 unspecified atom stereocenters. The number of aromatic nitrogens is 2. The first-order valence-corrected chi connectivity index (χ1v) is 15.7. The van der Waals surface area contributed by atoms with E-state index in [4.69, 9.17) is 9.47 Å². The van der Waals surface area contributed by atoms with Gasteiger partial charge < -0.3 is 20.1 Å². The van der Waals surface area contributed by atoms with Crippen LogP contribution >= 0.6 is 0 Å². The molecule has 0 bridgehead atoms. The molecule has 0 saturated heterocycles. The molecule has 0 aliphatic rings. The van der Waals surface area contributed by atoms with E-state index >= 15 is 0 Å². The van der Waals surface area contributed by atoms with Gasteiger partial charge in [-0.05, 0) is 108 Å². The molecule has 4 amide bonds. The van der Waals surface area contributed by atoms with Crippen molar-refractivity contribution >= 4 is 57.5 Å². The maximum Gasteiger partial charge on any atom is 0.412 e. The van der Waals surface area contributed by atoms with Gasteiger partial charge in [-0.2, -0.15) is 0 Å². The third-order valence-corrected chi connectivity index (χ3v) is 6.39. The van der Waals surface area contributed by atoms with Gasteiger partial charge in [0.2, 0.25) is 0 Å². The van der Waals surface area contributed by atoms with Crippen LogP contribution in [0.25, 0.3) is 10.8 Å². The van der Waals surface area contributed by atoms with Gasteiger partial charge in [0.1, 0.15) is 16.9 Å². The number of nitrogens with zero attached hydrogens (tertiary/aromatic N) is 2. The number of ether oxygens (including phenoxy) is 2. The van der Waals surface area contributed by atoms with Gasteiger partial charge in [0, 0.05) is 46.7 Å². The zero-order valence-corrected chi connectivity index (χ0v) is 28.7. The number of hydrogen-bond acceptors (Lipinski definition) is 8. The topological polar surface area (TPSA) is 161 Å². The first-order chi connectivity index (χ1) is 23.6. The van der Waals surface area contributed by atoms with Crippen LogP contribution in [-0.2, 0) is 9.47 Å². The lowest BCUT2D eigenvalue weighted by Crippen LogP contribution is -2.27. The van der Waals surface area contributed by atoms with E-state index in [0.29, 0.717) is 34.0 Å². The third kappa shape index (κ3) is 11.7. The van der Waals surface area contributed by atoms with E-state index in [0.717, 1.165) is 10.8 Å². The minimum absolute atomic E-state index is 0.243. The summed E-state index contributed by atoms with van der Waals surface area (Å²) in [4.78, 5) is 56.1. The zero-order valence-electron chi connectivity index (χ0n) is 28.7. The van der Waals surface area contributed by atoms with Gasteiger partial charge in [-0.25, -0.2) is 9.59 Å². The Labute approximate surface area is 290 Å². The van der Waals surface area contributed by atoms with Crippen molar-refractivity contribution in [2.45, 2.75) is 52.7 Å². The molecule has 0 spiro atoms. The van der Waals surface area contributed by atoms with Crippen molar-refractivity contribution in [1.82, 2.24) is 9.97 Å². The van der Waals surface area contributed by atoms with E-state index in [9.17, 15) is 19.2 Å². The summed E-state index contributed by atoms with van der Waals surface area (Å²) >= 11 is 0. The van der Waals surface area contributed by atoms with Gasteiger partial charge in [-0.15, -0.1) is 0 Å². The average molecular weight is 677 g/mol. The zero-order chi connectivity index (χ0) is 36.3. The van der Waals surface area contributed by atoms with Crippen molar-refractivity contribution in [3.8, 4) is 0 Å². The van der Waals surface area contributed by atoms with Gasteiger partial charge in [0.05, 0.1) is 5.56 Å². The van der Waals surface area contributed by atoms with Gasteiger partial charge in [-0.1, -0.05) is 30.3 Å². The van der Waals surface area contributed by atoms with E-state index in [2.05, 4.69) is 31.2 Å². The summed E-state index contributed by atoms with van der Waals surface area (Å²) in [6.45, 7) is 10.8. The van der Waals surface area contributed by atoms with Crippen LogP contribution < -0.4 is 21.3 Å². The normalized spacial score (nSPS) is 10.9. The SMILES string of the molecule is CC(C)(C)OC(=O)Nc1ccc(NC(=O)c2ccccn2)cc1.CC(C)(C)OC(=O)Nc1ccc(NC(=O)c2cncc3ccccc23)cc1. The molecule has 12 nitrogen and oxygen atoms in total. The number of pyridine rings is 2. The summed E-state index contributed by atoms with van der Waals surface area (Å²) in [6.07, 6.45) is 3.78. The first-order valence-electron chi connectivity index (χ1n) is 15.7. The smallest absolute Gasteiger partial charge is 0.412 e. The Morgan fingerprint density at radius 3 is 1.48 bits per heavy atom. The van der Waals surface area contributed by atoms with Crippen molar-refractivity contribution in [3.05, 3.63) is 121 Å². The third-order valence-electron chi connectivity index (χ3n) is 6.39. The van der Waals surface area contributed by atoms with Crippen molar-refractivity contribution in [1.29, 1.82) is 0 Å². The van der Waals surface area contributed by atoms with Crippen LogP contribution in [-0.4, -0.2) is 45.2 Å². The summed E-state index contributed by atoms with van der Waals surface area (Å²) in [5.41, 5.74) is 2.10. The number of hydrogen-bond donors (Lipinski definition) is 4. The maximum absolute atomic E-state index is 12.6. The molecule has 2 heterocycles. The van der Waals surface area contributed by atoms with Crippen molar-refractivity contribution in [2.24, 2.45) is 0 Å². The Bertz CT molecular complexity index is 1930. The molecule has 5 rings (SSSR count). The number of benzene rings is 3. The van der Waals surface area contributed by atoms with Crippen molar-refractivity contribution in [2.75, 3.05) is 21.3 Å². The second-order valence-corrected chi connectivity index (χ2v) is 12.9. The Hall–Kier alpha value is -6.30. The molecule has 0 saturated carbocycles. The summed E-state index contributed by atoms with van der Waals surface area (Å²) in [5, 5.41) is 12.6. The van der Waals surface area contributed by atoms with E-state index in [1.165, 1.54) is 0 Å². The van der Waals surface area contributed by atoms with Gasteiger partial charge in [-0.3, -0.25) is 30.2 Å². The number of amides is 4. The molecule has 0 aliphatic carbocycles. The Morgan fingerprint density at radius 1 is 0.540 bits per heavy atom. The molecule has 5 aromatic rings. The number of fused-ring (bicyclic) bond motifs is 1. The molecule has 50 heavy (non-hydrogen) atoms. The monoisotopic (exact) mass is 676 g/mol. The van der Waals surface area contributed by atoms with Crippen LogP contribution in [0.5, 0.6) is 0 Å². The van der Waals surface area contributed by atoms with E-state index in [1.54, 1.807) is 127 Å². The fraction of sp³-hybridized carbons (Fsp3) is 0.211. The molecule has 0 aliphatic heterocycles. The fourth-order valence-corrected chi connectivity index (χ4v) is 4.30. The van der Waals surface area contributed by atoms with E-state index < -0.39 is 23.4 Å². The van der Waals surface area contributed by atoms with E-state index in [1.807, 2.05) is 24.3 Å². The van der Waals surface area contributed by atoms with Crippen LogP contribution in [0, 0.1) is 0 Å². The molecule has 2 aromatic heterocycles. The van der Waals surface area contributed by atoms with Gasteiger partial charge in [0.15, 0.2) is 0 Å². The molecule has 258 valence electrons. The predicted molar refractivity (Wildman–Crippen MR) is 194 cm³/mol. The lowest BCUT2D eigenvalue weighted by molar-refractivity contribution is 0.0624. The standard InChI is InChI=1S/C21H21N3O3.C17H19N3O3/c1-21(2,3)27-20(26)24-16-10-8-15(9-11-16)23-19(25)18-13-22-12-14-6-4-5-7-17(14)18;1-17(2,3)23-16(22)20-13-9-7-12(8-10-13)19-15(21)14-6-4-5-11-18-14/h4-13H,1-3H3,(H,23,25)(H,24,26);4-11H,1-3H3,(H,19,21)(H,20,22). The molecular weight excluding hydrogens is 636 g/mol. The number of rotatable bonds is 6. The van der Waals surface area contributed by atoms with Crippen LogP contribution in [0.15, 0.2) is 110 Å². The lowest BCUT2D eigenvalue weighted by atomic mass is 10.1. The largest absolute Gasteiger partial charge is 0.444 e. The van der Waals surface area contributed by atoms with Crippen LogP contribution in [0.3, 0.4) is 0 Å². The molecular formula is C38H40N6O6. The second-order valence-electron chi connectivity index (χ2n) is 12.9. The predicted octanol–water partition coefficient (Wildman–Crippen LogP) is 8.52. The molecule has 0 fully saturated rings. The highest BCUT2D eigenvalue weighted by atomic mass is 16.6. The minimum atomic E-state index is -0.565. The lowest BCUT2D eigenvalue weighted by Gasteiger charge is -2.19.